The van der Waals surface area contributed by atoms with E-state index in [1.165, 1.54) is 0 Å². The normalized spacial score (nSPS) is 18.7. The van der Waals surface area contributed by atoms with Crippen LogP contribution in [0, 0.1) is 0 Å². The summed E-state index contributed by atoms with van der Waals surface area (Å²) in [6.07, 6.45) is 3.93. The predicted octanol–water partition coefficient (Wildman–Crippen LogP) is 0.898. The molecule has 18 heavy (non-hydrogen) atoms. The largest absolute Gasteiger partial charge is 0.382 e. The zero-order chi connectivity index (χ0) is 12.5. The Labute approximate surface area is 104 Å². The van der Waals surface area contributed by atoms with Crippen molar-refractivity contribution in [3.8, 4) is 11.3 Å². The fourth-order valence-electron chi connectivity index (χ4n) is 2.98. The molecule has 1 spiro atoms. The van der Waals surface area contributed by atoms with Crippen molar-refractivity contribution in [1.82, 2.24) is 20.0 Å². The third-order valence-electron chi connectivity index (χ3n) is 4.06. The second-order valence-electron chi connectivity index (χ2n) is 5.07. The van der Waals surface area contributed by atoms with E-state index in [1.54, 1.807) is 11.0 Å². The Morgan fingerprint density at radius 3 is 2.78 bits per heavy atom. The van der Waals surface area contributed by atoms with Crippen molar-refractivity contribution < 1.29 is 0 Å². The third kappa shape index (κ3) is 0.966. The van der Waals surface area contributed by atoms with Crippen molar-refractivity contribution in [3.05, 3.63) is 18.0 Å². The number of nitrogen functional groups attached to an aromatic ring is 1. The van der Waals surface area contributed by atoms with E-state index in [1.807, 2.05) is 13.1 Å². The van der Waals surface area contributed by atoms with E-state index in [0.717, 1.165) is 35.5 Å². The molecule has 1 aliphatic carbocycles. The van der Waals surface area contributed by atoms with Crippen molar-refractivity contribution >= 4 is 11.5 Å². The molecule has 0 amide bonds. The predicted molar refractivity (Wildman–Crippen MR) is 68.0 cm³/mol. The SMILES string of the molecule is CN1c2c(ccnc2N)-c2nn(C)nc2C12CC2. The minimum Gasteiger partial charge on any atom is -0.382 e. The average Bonchev–Trinajstić information content (AvgIpc) is 3.04. The molecule has 1 aliphatic heterocycles. The lowest BCUT2D eigenvalue weighted by Gasteiger charge is -2.35. The molecule has 0 saturated heterocycles. The van der Waals surface area contributed by atoms with Crippen LogP contribution in [0.15, 0.2) is 12.3 Å². The van der Waals surface area contributed by atoms with Crippen LogP contribution < -0.4 is 10.6 Å². The number of aryl methyl sites for hydroxylation is 1. The highest BCUT2D eigenvalue weighted by Gasteiger charge is 2.55. The van der Waals surface area contributed by atoms with E-state index in [9.17, 15) is 0 Å². The molecule has 2 aromatic rings. The fraction of sp³-hybridized carbons (Fsp3) is 0.417. The first kappa shape index (κ1) is 9.87. The molecule has 0 radical (unpaired) electrons. The highest BCUT2D eigenvalue weighted by atomic mass is 15.5. The van der Waals surface area contributed by atoms with Crippen LogP contribution in [-0.4, -0.2) is 27.0 Å². The van der Waals surface area contributed by atoms with Crippen molar-refractivity contribution in [3.63, 3.8) is 0 Å². The van der Waals surface area contributed by atoms with Gasteiger partial charge in [0.25, 0.3) is 0 Å². The van der Waals surface area contributed by atoms with Gasteiger partial charge < -0.3 is 10.6 Å². The Morgan fingerprint density at radius 2 is 2.06 bits per heavy atom. The highest BCUT2D eigenvalue weighted by molar-refractivity contribution is 5.88. The van der Waals surface area contributed by atoms with Gasteiger partial charge in [0.15, 0.2) is 0 Å². The third-order valence-corrected chi connectivity index (χ3v) is 4.06. The van der Waals surface area contributed by atoms with Crippen LogP contribution in [0.1, 0.15) is 18.5 Å². The van der Waals surface area contributed by atoms with Gasteiger partial charge >= 0.3 is 0 Å². The second kappa shape index (κ2) is 2.82. The monoisotopic (exact) mass is 242 g/mol. The molecule has 6 nitrogen and oxygen atoms in total. The smallest absolute Gasteiger partial charge is 0.147 e. The number of fused-ring (bicyclic) bond motifs is 4. The number of anilines is 2. The van der Waals surface area contributed by atoms with Crippen molar-refractivity contribution in [2.75, 3.05) is 17.7 Å². The Morgan fingerprint density at radius 1 is 1.28 bits per heavy atom. The lowest BCUT2D eigenvalue weighted by atomic mass is 9.96. The Bertz CT molecular complexity index is 655. The summed E-state index contributed by atoms with van der Waals surface area (Å²) in [6, 6.07) is 1.96. The van der Waals surface area contributed by atoms with Gasteiger partial charge in [0.2, 0.25) is 0 Å². The summed E-state index contributed by atoms with van der Waals surface area (Å²) in [7, 11) is 3.93. The zero-order valence-corrected chi connectivity index (χ0v) is 10.4. The number of hydrogen-bond acceptors (Lipinski definition) is 5. The van der Waals surface area contributed by atoms with Gasteiger partial charge in [-0.2, -0.15) is 15.0 Å². The highest BCUT2D eigenvalue weighted by Crippen LogP contribution is 2.58. The maximum atomic E-state index is 6.04. The average molecular weight is 242 g/mol. The lowest BCUT2D eigenvalue weighted by Crippen LogP contribution is -2.36. The van der Waals surface area contributed by atoms with Crippen molar-refractivity contribution in [1.29, 1.82) is 0 Å². The van der Waals surface area contributed by atoms with Crippen LogP contribution in [-0.2, 0) is 12.6 Å². The van der Waals surface area contributed by atoms with Crippen molar-refractivity contribution in [2.24, 2.45) is 7.05 Å². The van der Waals surface area contributed by atoms with Crippen LogP contribution in [0.5, 0.6) is 0 Å². The van der Waals surface area contributed by atoms with Crippen LogP contribution in [0.4, 0.5) is 11.5 Å². The first-order valence-corrected chi connectivity index (χ1v) is 6.04. The molecule has 6 heteroatoms. The maximum Gasteiger partial charge on any atom is 0.147 e. The van der Waals surface area contributed by atoms with Gasteiger partial charge in [0.1, 0.15) is 17.2 Å². The molecule has 92 valence electrons. The molecular formula is C12H14N6. The van der Waals surface area contributed by atoms with E-state index in [-0.39, 0.29) is 5.54 Å². The molecule has 2 aliphatic rings. The number of pyridine rings is 1. The molecule has 1 fully saturated rings. The zero-order valence-electron chi connectivity index (χ0n) is 10.4. The van der Waals surface area contributed by atoms with Gasteiger partial charge in [-0.15, -0.1) is 0 Å². The second-order valence-corrected chi connectivity index (χ2v) is 5.07. The van der Waals surface area contributed by atoms with Gasteiger partial charge in [0.05, 0.1) is 11.2 Å². The fourth-order valence-corrected chi connectivity index (χ4v) is 2.98. The molecule has 4 rings (SSSR count). The van der Waals surface area contributed by atoms with Crippen LogP contribution in [0.2, 0.25) is 0 Å². The van der Waals surface area contributed by atoms with Crippen LogP contribution >= 0.6 is 0 Å². The van der Waals surface area contributed by atoms with E-state index in [4.69, 9.17) is 5.73 Å². The van der Waals surface area contributed by atoms with Gasteiger partial charge in [-0.05, 0) is 18.9 Å². The summed E-state index contributed by atoms with van der Waals surface area (Å²) < 4.78 is 0. The molecule has 0 bridgehead atoms. The molecule has 2 aromatic heterocycles. The first-order valence-electron chi connectivity index (χ1n) is 6.04. The van der Waals surface area contributed by atoms with Crippen LogP contribution in [0.3, 0.4) is 0 Å². The molecule has 2 N–H and O–H groups in total. The number of hydrogen-bond donors (Lipinski definition) is 1. The van der Waals surface area contributed by atoms with Gasteiger partial charge in [-0.1, -0.05) is 0 Å². The summed E-state index contributed by atoms with van der Waals surface area (Å²) in [5, 5.41) is 9.05. The molecule has 1 saturated carbocycles. The van der Waals surface area contributed by atoms with E-state index in [0.29, 0.717) is 5.82 Å². The lowest BCUT2D eigenvalue weighted by molar-refractivity contribution is 0.599. The Hall–Kier alpha value is -2.11. The van der Waals surface area contributed by atoms with Gasteiger partial charge in [0, 0.05) is 25.9 Å². The summed E-state index contributed by atoms with van der Waals surface area (Å²) in [6.45, 7) is 0. The summed E-state index contributed by atoms with van der Waals surface area (Å²) >= 11 is 0. The Balaban J connectivity index is 2.09. The van der Waals surface area contributed by atoms with E-state index < -0.39 is 0 Å². The summed E-state index contributed by atoms with van der Waals surface area (Å²) in [5.74, 6) is 0.567. The number of nitrogens with two attached hydrogens (primary N) is 1. The van der Waals surface area contributed by atoms with Crippen molar-refractivity contribution in [2.45, 2.75) is 18.4 Å². The topological polar surface area (TPSA) is 72.9 Å². The Kier molecular flexibility index (Phi) is 1.55. The minimum atomic E-state index is -0.00620. The van der Waals surface area contributed by atoms with E-state index in [2.05, 4.69) is 27.1 Å². The maximum absolute atomic E-state index is 6.04. The summed E-state index contributed by atoms with van der Waals surface area (Å²) in [4.78, 5) is 8.06. The van der Waals surface area contributed by atoms with Gasteiger partial charge in [-0.25, -0.2) is 4.98 Å². The minimum absolute atomic E-state index is 0.00620. The number of nitrogens with zero attached hydrogens (tertiary/aromatic N) is 5. The molecule has 0 unspecified atom stereocenters. The number of aromatic nitrogens is 4. The standard InChI is InChI=1S/C12H14N6/c1-17-9-7(3-6-14-11(9)13)8-10(12(17)4-5-12)16-18(2)15-8/h3,6H,4-5H2,1-2H3,(H2,13,14). The molecule has 0 aromatic carbocycles. The first-order chi connectivity index (χ1) is 8.63. The molecule has 0 atom stereocenters. The van der Waals surface area contributed by atoms with E-state index >= 15 is 0 Å². The molecule has 3 heterocycles. The quantitative estimate of drug-likeness (QED) is 0.743. The molecular weight excluding hydrogens is 228 g/mol. The number of rotatable bonds is 0. The van der Waals surface area contributed by atoms with Crippen LogP contribution in [0.25, 0.3) is 11.3 Å². The van der Waals surface area contributed by atoms with Gasteiger partial charge in [-0.3, -0.25) is 0 Å². The summed E-state index contributed by atoms with van der Waals surface area (Å²) in [5.41, 5.74) is 10.1.